The Morgan fingerprint density at radius 1 is 0.667 bits per heavy atom. The van der Waals surface area contributed by atoms with Crippen molar-refractivity contribution in [2.75, 3.05) is 0 Å². The average molecular weight is 447 g/mol. The average Bonchev–Trinajstić information content (AvgIpc) is 2.66. The second-order valence-corrected chi connectivity index (χ2v) is 7.35. The van der Waals surface area contributed by atoms with Gasteiger partial charge < -0.3 is 5.11 Å². The Morgan fingerprint density at radius 2 is 1.27 bits per heavy atom. The summed E-state index contributed by atoms with van der Waals surface area (Å²) in [7, 11) is -4.36. The Morgan fingerprint density at radius 3 is 1.93 bits per heavy atom. The SMILES string of the molecule is O=S(=O)(O)c1ccc(N=Nc2c(O)ccc3ccccc23)c2ccccc12.[Na].[Na].[Na]. The molecule has 0 aromatic heterocycles. The van der Waals surface area contributed by atoms with Gasteiger partial charge in [-0.15, -0.1) is 10.2 Å². The van der Waals surface area contributed by atoms with Crippen LogP contribution in [0.2, 0.25) is 0 Å². The van der Waals surface area contributed by atoms with Gasteiger partial charge in [-0.25, -0.2) is 0 Å². The van der Waals surface area contributed by atoms with Crippen LogP contribution in [0.15, 0.2) is 87.9 Å². The molecule has 0 aliphatic rings. The largest absolute Gasteiger partial charge is 0.506 e. The predicted octanol–water partition coefficient (Wildman–Crippen LogP) is 4.22. The van der Waals surface area contributed by atoms with Gasteiger partial charge >= 0.3 is 0 Å². The van der Waals surface area contributed by atoms with Crippen LogP contribution in [0.3, 0.4) is 0 Å². The van der Waals surface area contributed by atoms with Crippen LogP contribution in [0.5, 0.6) is 5.75 Å². The van der Waals surface area contributed by atoms with Crippen molar-refractivity contribution in [1.29, 1.82) is 0 Å². The minimum Gasteiger partial charge on any atom is -0.506 e. The van der Waals surface area contributed by atoms with E-state index in [0.717, 1.165) is 10.8 Å². The van der Waals surface area contributed by atoms with Crippen molar-refractivity contribution in [3.63, 3.8) is 0 Å². The van der Waals surface area contributed by atoms with Gasteiger partial charge in [-0.3, -0.25) is 4.55 Å². The molecule has 4 rings (SSSR count). The third-order valence-electron chi connectivity index (χ3n) is 4.28. The van der Waals surface area contributed by atoms with Gasteiger partial charge in [0.25, 0.3) is 10.1 Å². The van der Waals surface area contributed by atoms with E-state index in [-0.39, 0.29) is 99.3 Å². The molecule has 0 saturated carbocycles. The summed E-state index contributed by atoms with van der Waals surface area (Å²) in [6.07, 6.45) is 0. The first-order valence-corrected chi connectivity index (χ1v) is 9.51. The molecule has 2 N–H and O–H groups in total. The number of azo groups is 1. The van der Waals surface area contributed by atoms with E-state index in [9.17, 15) is 18.1 Å². The van der Waals surface area contributed by atoms with E-state index >= 15 is 0 Å². The summed E-state index contributed by atoms with van der Waals surface area (Å²) < 4.78 is 32.6. The third-order valence-corrected chi connectivity index (χ3v) is 5.19. The van der Waals surface area contributed by atoms with Crippen molar-refractivity contribution in [2.45, 2.75) is 4.90 Å². The van der Waals surface area contributed by atoms with Gasteiger partial charge in [-0.2, -0.15) is 8.42 Å². The molecule has 0 bridgehead atoms. The van der Waals surface area contributed by atoms with Crippen molar-refractivity contribution in [2.24, 2.45) is 10.2 Å². The number of hydrogen-bond donors (Lipinski definition) is 2. The molecule has 3 radical (unpaired) electrons. The first-order valence-electron chi connectivity index (χ1n) is 8.07. The van der Waals surface area contributed by atoms with E-state index in [1.807, 2.05) is 24.3 Å². The van der Waals surface area contributed by atoms with Gasteiger partial charge in [-0.05, 0) is 23.6 Å². The Hall–Kier alpha value is -0.290. The maximum atomic E-state index is 11.6. The fourth-order valence-corrected chi connectivity index (χ4v) is 3.72. The van der Waals surface area contributed by atoms with Gasteiger partial charge in [0.05, 0.1) is 5.69 Å². The minimum atomic E-state index is -4.36. The van der Waals surface area contributed by atoms with Crippen molar-refractivity contribution in [3.05, 3.63) is 72.8 Å². The Labute approximate surface area is 240 Å². The zero-order valence-electron chi connectivity index (χ0n) is 16.9. The van der Waals surface area contributed by atoms with Crippen LogP contribution in [0.1, 0.15) is 0 Å². The second-order valence-electron chi connectivity index (χ2n) is 5.96. The number of phenolic OH excluding ortho intramolecular Hbond substituents is 1. The van der Waals surface area contributed by atoms with Crippen LogP contribution >= 0.6 is 0 Å². The molecule has 0 spiro atoms. The molecule has 0 fully saturated rings. The van der Waals surface area contributed by atoms with Crippen LogP contribution in [0.25, 0.3) is 21.5 Å². The molecule has 0 aliphatic heterocycles. The van der Waals surface area contributed by atoms with Gasteiger partial charge in [0.1, 0.15) is 16.3 Å². The van der Waals surface area contributed by atoms with E-state index in [2.05, 4.69) is 10.2 Å². The molecule has 4 aromatic rings. The number of aromatic hydroxyl groups is 1. The van der Waals surface area contributed by atoms with E-state index in [0.29, 0.717) is 22.1 Å². The molecule has 0 saturated heterocycles. The summed E-state index contributed by atoms with van der Waals surface area (Å²) in [5, 5.41) is 21.2. The van der Waals surface area contributed by atoms with Crippen LogP contribution in [0, 0.1) is 0 Å². The van der Waals surface area contributed by atoms with Crippen molar-refractivity contribution >= 4 is 132 Å². The number of benzene rings is 4. The third kappa shape index (κ3) is 5.74. The molecule has 6 nitrogen and oxygen atoms in total. The predicted molar refractivity (Wildman–Crippen MR) is 121 cm³/mol. The summed E-state index contributed by atoms with van der Waals surface area (Å²) in [5.41, 5.74) is 0.751. The van der Waals surface area contributed by atoms with Gasteiger partial charge in [0, 0.05) is 105 Å². The molecule has 0 amide bonds. The van der Waals surface area contributed by atoms with Gasteiger partial charge in [-0.1, -0.05) is 54.6 Å². The smallest absolute Gasteiger partial charge is 0.295 e. The zero-order chi connectivity index (χ0) is 19.0. The van der Waals surface area contributed by atoms with E-state index in [1.165, 1.54) is 12.1 Å². The van der Waals surface area contributed by atoms with E-state index < -0.39 is 10.1 Å². The number of rotatable bonds is 3. The minimum absolute atomic E-state index is 0. The zero-order valence-corrected chi connectivity index (χ0v) is 23.8. The summed E-state index contributed by atoms with van der Waals surface area (Å²) in [6.45, 7) is 0. The fraction of sp³-hybridized carbons (Fsp3) is 0. The van der Waals surface area contributed by atoms with Crippen LogP contribution in [-0.2, 0) is 10.1 Å². The van der Waals surface area contributed by atoms with E-state index in [1.54, 1.807) is 36.4 Å². The fourth-order valence-electron chi connectivity index (χ4n) is 3.02. The normalized spacial score (nSPS) is 11.0. The molecular weight excluding hydrogens is 433 g/mol. The summed E-state index contributed by atoms with van der Waals surface area (Å²) in [6, 6.07) is 20.3. The number of phenols is 1. The Bertz CT molecular complexity index is 1330. The second kappa shape index (κ2) is 11.5. The maximum Gasteiger partial charge on any atom is 0.295 e. The Balaban J connectivity index is 0.00000150. The summed E-state index contributed by atoms with van der Waals surface area (Å²) >= 11 is 0. The molecule has 0 heterocycles. The Kier molecular flexibility index (Phi) is 10.7. The number of fused-ring (bicyclic) bond motifs is 2. The topological polar surface area (TPSA) is 99.3 Å². The van der Waals surface area contributed by atoms with Crippen molar-refractivity contribution < 1.29 is 18.1 Å². The monoisotopic (exact) mass is 447 g/mol. The summed E-state index contributed by atoms with van der Waals surface area (Å²) in [5.74, 6) is -0.00342. The molecule has 30 heavy (non-hydrogen) atoms. The molecule has 0 unspecified atom stereocenters. The van der Waals surface area contributed by atoms with Crippen molar-refractivity contribution in [3.8, 4) is 5.75 Å². The molecule has 10 heteroatoms. The number of hydrogen-bond acceptors (Lipinski definition) is 5. The first kappa shape index (κ1) is 27.7. The molecule has 4 aromatic carbocycles. The van der Waals surface area contributed by atoms with Crippen molar-refractivity contribution in [1.82, 2.24) is 0 Å². The molecular formula is C20H14N2Na3O4S. The first-order chi connectivity index (χ1) is 12.9. The molecule has 0 aliphatic carbocycles. The van der Waals surface area contributed by atoms with Gasteiger partial charge in [0.2, 0.25) is 0 Å². The van der Waals surface area contributed by atoms with Crippen LogP contribution in [0.4, 0.5) is 11.4 Å². The molecule has 0 atom stereocenters. The number of nitrogens with zero attached hydrogens (tertiary/aromatic N) is 2. The summed E-state index contributed by atoms with van der Waals surface area (Å²) in [4.78, 5) is -0.190. The quantitative estimate of drug-likeness (QED) is 0.279. The standard InChI is InChI=1S/C20H14N2O4S.3Na/c23-18-11-9-13-5-1-2-6-14(13)20(18)22-21-17-10-12-19(27(24,25)26)16-8-4-3-7-15(16)17;;;/h1-12,23H,(H,24,25,26);;;. The van der Waals surface area contributed by atoms with E-state index in [4.69, 9.17) is 0 Å². The van der Waals surface area contributed by atoms with Gasteiger partial charge in [0.15, 0.2) is 0 Å². The van der Waals surface area contributed by atoms with Crippen LogP contribution in [-0.4, -0.2) is 107 Å². The van der Waals surface area contributed by atoms with Crippen LogP contribution < -0.4 is 0 Å². The molecule has 137 valence electrons. The maximum absolute atomic E-state index is 11.6.